The topological polar surface area (TPSA) is 80.9 Å². The van der Waals surface area contributed by atoms with Crippen LogP contribution < -0.4 is 19.0 Å². The summed E-state index contributed by atoms with van der Waals surface area (Å²) in [5.41, 5.74) is 9.93. The number of methoxy groups -OCH3 is 2. The van der Waals surface area contributed by atoms with Gasteiger partial charge in [-0.25, -0.2) is 15.0 Å². The number of aromatic nitrogens is 8. The molecule has 9 rings (SSSR count). The Morgan fingerprint density at radius 1 is 0.755 bits per heavy atom. The molecule has 0 aliphatic heterocycles. The summed E-state index contributed by atoms with van der Waals surface area (Å²) < 4.78 is 22.3. The minimum atomic E-state index is 0.616. The minimum absolute atomic E-state index is 0.616. The fraction of sp³-hybridized carbons (Fsp3) is 0.132. The summed E-state index contributed by atoms with van der Waals surface area (Å²) in [4.78, 5) is 15.1. The molecule has 7 aromatic heterocycles. The van der Waals surface area contributed by atoms with Gasteiger partial charge in [0, 0.05) is 71.1 Å². The smallest absolute Gasteiger partial charge is 0.235 e. The number of aryl methyl sites for hydroxylation is 1. The summed E-state index contributed by atoms with van der Waals surface area (Å²) in [5.74, 6) is 3.73. The Hall–Kier alpha value is -5.94. The molecule has 2 aromatic carbocycles. The lowest BCUT2D eigenvalue weighted by Gasteiger charge is -2.17. The predicted molar refractivity (Wildman–Crippen MR) is 191 cm³/mol. The molecule has 0 aliphatic rings. The Balaban J connectivity index is 1.20. The van der Waals surface area contributed by atoms with Gasteiger partial charge in [-0.1, -0.05) is 11.8 Å². The van der Waals surface area contributed by atoms with Gasteiger partial charge in [0.1, 0.15) is 16.5 Å². The average molecular weight is 665 g/mol. The second-order valence-electron chi connectivity index (χ2n) is 11.9. The Morgan fingerprint density at radius 3 is 2.18 bits per heavy atom. The van der Waals surface area contributed by atoms with Gasteiger partial charge in [-0.05, 0) is 86.6 Å². The molecule has 10 nitrogen and oxygen atoms in total. The molecule has 0 saturated carbocycles. The molecule has 9 aromatic rings. The largest absolute Gasteiger partial charge is 0.496 e. The third-order valence-electron chi connectivity index (χ3n) is 9.26. The van der Waals surface area contributed by atoms with E-state index in [1.165, 1.54) is 0 Å². The molecule has 0 bridgehead atoms. The second-order valence-corrected chi connectivity index (χ2v) is 12.9. The van der Waals surface area contributed by atoms with Gasteiger partial charge in [0.25, 0.3) is 0 Å². The van der Waals surface area contributed by atoms with E-state index in [1.54, 1.807) is 26.0 Å². The predicted octanol–water partition coefficient (Wildman–Crippen LogP) is 7.03. The number of benzene rings is 2. The molecular formula is C38H32N8O2S. The molecule has 0 atom stereocenters. The molecule has 0 unspecified atom stereocenters. The van der Waals surface area contributed by atoms with Crippen molar-refractivity contribution in [1.29, 1.82) is 0 Å². The second kappa shape index (κ2) is 11.3. The SMILES string of the molecule is COc1cc[n+](-c2nc3cc(-n4cccc4)ccc3[n-]2)c(CSc2c3c(C)c(OC)ccn3c3nc4ccc(-n5cccc5)cc4n23)c1C. The molecule has 0 aliphatic carbocycles. The summed E-state index contributed by atoms with van der Waals surface area (Å²) in [6, 6.07) is 24.6. The number of hydrogen-bond acceptors (Lipinski definition) is 5. The highest BCUT2D eigenvalue weighted by atomic mass is 32.2. The van der Waals surface area contributed by atoms with Crippen molar-refractivity contribution in [3.8, 4) is 28.8 Å². The lowest BCUT2D eigenvalue weighted by atomic mass is 10.2. The van der Waals surface area contributed by atoms with Crippen molar-refractivity contribution in [2.45, 2.75) is 24.6 Å². The van der Waals surface area contributed by atoms with Crippen molar-refractivity contribution in [2.75, 3.05) is 14.2 Å². The van der Waals surface area contributed by atoms with E-state index in [9.17, 15) is 0 Å². The molecule has 0 amide bonds. The fourth-order valence-electron chi connectivity index (χ4n) is 6.72. The third-order valence-corrected chi connectivity index (χ3v) is 10.3. The van der Waals surface area contributed by atoms with E-state index >= 15 is 0 Å². The van der Waals surface area contributed by atoms with Gasteiger partial charge < -0.3 is 18.6 Å². The van der Waals surface area contributed by atoms with Gasteiger partial charge in [-0.3, -0.25) is 13.4 Å². The first-order chi connectivity index (χ1) is 24.0. The molecule has 0 spiro atoms. The van der Waals surface area contributed by atoms with Gasteiger partial charge in [0.05, 0.1) is 41.8 Å². The molecule has 0 N–H and O–H groups in total. The van der Waals surface area contributed by atoms with Crippen LogP contribution in [0.4, 0.5) is 0 Å². The first-order valence-electron chi connectivity index (χ1n) is 15.9. The highest BCUT2D eigenvalue weighted by Crippen LogP contribution is 2.38. The molecule has 242 valence electrons. The van der Waals surface area contributed by atoms with Crippen LogP contribution >= 0.6 is 11.8 Å². The molecule has 0 fully saturated rings. The highest BCUT2D eigenvalue weighted by Gasteiger charge is 2.23. The van der Waals surface area contributed by atoms with Gasteiger partial charge in [-0.15, -0.1) is 0 Å². The lowest BCUT2D eigenvalue weighted by Crippen LogP contribution is -2.38. The quantitative estimate of drug-likeness (QED) is 0.128. The van der Waals surface area contributed by atoms with Gasteiger partial charge in [0.15, 0.2) is 0 Å². The monoisotopic (exact) mass is 664 g/mol. The van der Waals surface area contributed by atoms with Crippen molar-refractivity contribution < 1.29 is 14.0 Å². The van der Waals surface area contributed by atoms with E-state index in [0.717, 1.165) is 78.1 Å². The van der Waals surface area contributed by atoms with Crippen LogP contribution in [0.5, 0.6) is 11.5 Å². The number of pyridine rings is 2. The zero-order valence-corrected chi connectivity index (χ0v) is 28.2. The molecule has 7 heterocycles. The van der Waals surface area contributed by atoms with Crippen LogP contribution in [-0.2, 0) is 5.75 Å². The van der Waals surface area contributed by atoms with E-state index in [-0.39, 0.29) is 0 Å². The number of thioether (sulfide) groups is 1. The molecular weight excluding hydrogens is 633 g/mol. The fourth-order valence-corrected chi connectivity index (χ4v) is 8.05. The number of imidazole rings is 3. The lowest BCUT2D eigenvalue weighted by molar-refractivity contribution is -0.611. The van der Waals surface area contributed by atoms with E-state index in [1.807, 2.05) is 67.3 Å². The van der Waals surface area contributed by atoms with Crippen molar-refractivity contribution in [3.63, 3.8) is 0 Å². The maximum absolute atomic E-state index is 5.81. The van der Waals surface area contributed by atoms with E-state index in [2.05, 4.69) is 79.1 Å². The summed E-state index contributed by atoms with van der Waals surface area (Å²) >= 11 is 1.75. The van der Waals surface area contributed by atoms with Gasteiger partial charge >= 0.3 is 0 Å². The van der Waals surface area contributed by atoms with Crippen LogP contribution in [0, 0.1) is 13.8 Å². The summed E-state index contributed by atoms with van der Waals surface area (Å²) in [7, 11) is 3.42. The average Bonchev–Trinajstić information content (AvgIpc) is 3.96. The zero-order valence-electron chi connectivity index (χ0n) is 27.4. The highest BCUT2D eigenvalue weighted by molar-refractivity contribution is 7.98. The van der Waals surface area contributed by atoms with Crippen molar-refractivity contribution in [1.82, 2.24) is 32.9 Å². The minimum Gasteiger partial charge on any atom is -0.496 e. The van der Waals surface area contributed by atoms with Gasteiger partial charge in [0.2, 0.25) is 11.7 Å². The summed E-state index contributed by atoms with van der Waals surface area (Å²) in [6.45, 7) is 4.20. The number of hydrogen-bond donors (Lipinski definition) is 0. The van der Waals surface area contributed by atoms with E-state index in [0.29, 0.717) is 11.7 Å². The Labute approximate surface area is 285 Å². The van der Waals surface area contributed by atoms with Gasteiger partial charge in [-0.2, -0.15) is 0 Å². The molecule has 11 heteroatoms. The number of ether oxygens (including phenoxy) is 2. The standard InChI is InChI=1S/C38H32N8O2S/c1-24-32(44(19-13-33(24)47-3)37-39-28-11-9-26(21-30(28)40-37)42-15-5-6-16-42)23-49-36-35-25(2)34(48-4)14-20-45(35)38-41-29-12-10-27(22-31(29)46(36)38)43-17-7-8-18-43/h5-22H,23H2,1-4H3. The first kappa shape index (κ1) is 29.2. The maximum Gasteiger partial charge on any atom is 0.235 e. The third kappa shape index (κ3) is 4.61. The van der Waals surface area contributed by atoms with Crippen LogP contribution in [-0.4, -0.2) is 42.1 Å². The van der Waals surface area contributed by atoms with Crippen LogP contribution in [0.2, 0.25) is 0 Å². The van der Waals surface area contributed by atoms with Crippen molar-refractivity contribution in [2.24, 2.45) is 0 Å². The Bertz CT molecular complexity index is 2660. The van der Waals surface area contributed by atoms with Crippen LogP contribution in [0.25, 0.3) is 50.7 Å². The van der Waals surface area contributed by atoms with Crippen LogP contribution in [0.1, 0.15) is 16.8 Å². The normalized spacial score (nSPS) is 11.8. The van der Waals surface area contributed by atoms with E-state index in [4.69, 9.17) is 24.4 Å². The molecule has 0 saturated heterocycles. The Morgan fingerprint density at radius 2 is 1.45 bits per heavy atom. The van der Waals surface area contributed by atoms with Crippen LogP contribution in [0.15, 0.2) is 115 Å². The maximum atomic E-state index is 5.81. The number of nitrogens with zero attached hydrogens (tertiary/aromatic N) is 8. The molecule has 49 heavy (non-hydrogen) atoms. The van der Waals surface area contributed by atoms with Crippen molar-refractivity contribution in [3.05, 3.63) is 127 Å². The molecule has 0 radical (unpaired) electrons. The summed E-state index contributed by atoms with van der Waals surface area (Å²) in [6.07, 6.45) is 12.2. The first-order valence-corrected chi connectivity index (χ1v) is 16.9. The Kier molecular flexibility index (Phi) is 6.76. The van der Waals surface area contributed by atoms with Crippen molar-refractivity contribution >= 4 is 45.1 Å². The zero-order chi connectivity index (χ0) is 33.2. The number of rotatable bonds is 8. The van der Waals surface area contributed by atoms with Crippen LogP contribution in [0.3, 0.4) is 0 Å². The number of fused-ring (bicyclic) bond motifs is 6. The van der Waals surface area contributed by atoms with E-state index < -0.39 is 0 Å². The summed E-state index contributed by atoms with van der Waals surface area (Å²) in [5, 5.41) is 1.07.